The van der Waals surface area contributed by atoms with Crippen molar-refractivity contribution in [1.29, 1.82) is 0 Å². The third-order valence-electron chi connectivity index (χ3n) is 6.83. The predicted octanol–water partition coefficient (Wildman–Crippen LogP) is 3.79. The van der Waals surface area contributed by atoms with Crippen molar-refractivity contribution in [3.05, 3.63) is 58.6 Å². The molecule has 0 aromatic heterocycles. The van der Waals surface area contributed by atoms with Crippen LogP contribution in [0, 0.1) is 5.92 Å². The molecular weight excluding hydrogens is 430 g/mol. The van der Waals surface area contributed by atoms with E-state index in [9.17, 15) is 14.4 Å². The molecule has 1 spiro atoms. The van der Waals surface area contributed by atoms with Gasteiger partial charge in [0.2, 0.25) is 11.8 Å². The normalized spacial score (nSPS) is 26.0. The van der Waals surface area contributed by atoms with Gasteiger partial charge in [0, 0.05) is 17.3 Å². The van der Waals surface area contributed by atoms with Crippen molar-refractivity contribution in [3.63, 3.8) is 0 Å². The second-order valence-electron chi connectivity index (χ2n) is 8.45. The Kier molecular flexibility index (Phi) is 5.18. The maximum Gasteiger partial charge on any atom is 0.338 e. The maximum atomic E-state index is 13.5. The molecule has 7 nitrogen and oxygen atoms in total. The summed E-state index contributed by atoms with van der Waals surface area (Å²) in [5.74, 6) is -1.37. The molecule has 2 amide bonds. The Morgan fingerprint density at radius 3 is 2.78 bits per heavy atom. The number of carbonyl (C=O) groups is 3. The standard InChI is InChI=1S/C24H24ClN3O4/c1-2-32-22(30)14-8-10-15(11-9-14)26-21(29)18-13-16-5-4-12-28(16)24(18)17-6-3-7-19(25)20(17)27-23(24)31/h3,6-11,16,18H,2,4-5,12-13H2,1H3,(H,26,29)(H,27,31)/t16-,18+,24-/m0/s1. The number of benzene rings is 2. The van der Waals surface area contributed by atoms with Crippen molar-refractivity contribution in [2.24, 2.45) is 5.92 Å². The largest absolute Gasteiger partial charge is 0.462 e. The molecule has 0 unspecified atom stereocenters. The van der Waals surface area contributed by atoms with E-state index >= 15 is 0 Å². The van der Waals surface area contributed by atoms with Gasteiger partial charge in [0.25, 0.3) is 0 Å². The number of anilines is 2. The Hall–Kier alpha value is -2.90. The van der Waals surface area contributed by atoms with Crippen LogP contribution in [-0.4, -0.2) is 41.9 Å². The molecule has 0 saturated carbocycles. The number of hydrogen-bond acceptors (Lipinski definition) is 5. The number of nitrogens with one attached hydrogen (secondary N) is 2. The molecule has 3 aliphatic rings. The van der Waals surface area contributed by atoms with E-state index in [1.165, 1.54) is 0 Å². The van der Waals surface area contributed by atoms with Gasteiger partial charge in [-0.3, -0.25) is 14.5 Å². The number of fused-ring (bicyclic) bond motifs is 4. The molecule has 2 aromatic carbocycles. The topological polar surface area (TPSA) is 87.7 Å². The molecule has 0 aliphatic carbocycles. The fraction of sp³-hybridized carbons (Fsp3) is 0.375. The Balaban J connectivity index is 1.47. The van der Waals surface area contributed by atoms with Gasteiger partial charge in [-0.1, -0.05) is 23.7 Å². The highest BCUT2D eigenvalue weighted by atomic mass is 35.5. The minimum atomic E-state index is -1.06. The zero-order chi connectivity index (χ0) is 22.5. The Bertz CT molecular complexity index is 1100. The molecule has 32 heavy (non-hydrogen) atoms. The third kappa shape index (κ3) is 3.03. The molecule has 2 fully saturated rings. The Labute approximate surface area is 191 Å². The molecule has 166 valence electrons. The van der Waals surface area contributed by atoms with Crippen LogP contribution in [0.25, 0.3) is 0 Å². The van der Waals surface area contributed by atoms with E-state index in [1.54, 1.807) is 37.3 Å². The van der Waals surface area contributed by atoms with Crippen LogP contribution in [0.3, 0.4) is 0 Å². The summed E-state index contributed by atoms with van der Waals surface area (Å²) in [7, 11) is 0. The van der Waals surface area contributed by atoms with Crippen LogP contribution >= 0.6 is 11.6 Å². The third-order valence-corrected chi connectivity index (χ3v) is 7.15. The number of halogens is 1. The van der Waals surface area contributed by atoms with Crippen molar-refractivity contribution >= 4 is 40.8 Å². The van der Waals surface area contributed by atoms with Crippen LogP contribution < -0.4 is 10.6 Å². The van der Waals surface area contributed by atoms with E-state index in [0.29, 0.717) is 35.0 Å². The number of esters is 1. The first kappa shape index (κ1) is 21.0. The first-order chi connectivity index (χ1) is 15.5. The highest BCUT2D eigenvalue weighted by molar-refractivity contribution is 6.35. The second kappa shape index (κ2) is 7.90. The average Bonchev–Trinajstić information content (AvgIpc) is 3.44. The molecule has 8 heteroatoms. The zero-order valence-corrected chi connectivity index (χ0v) is 18.4. The van der Waals surface area contributed by atoms with E-state index in [0.717, 1.165) is 24.9 Å². The van der Waals surface area contributed by atoms with Crippen molar-refractivity contribution < 1.29 is 19.1 Å². The molecule has 3 heterocycles. The molecule has 0 bridgehead atoms. The van der Waals surface area contributed by atoms with Crippen LogP contribution in [0.15, 0.2) is 42.5 Å². The summed E-state index contributed by atoms with van der Waals surface area (Å²) in [6.07, 6.45) is 2.56. The van der Waals surface area contributed by atoms with Gasteiger partial charge < -0.3 is 15.4 Å². The van der Waals surface area contributed by atoms with Gasteiger partial charge in [0.05, 0.1) is 28.8 Å². The fourth-order valence-electron chi connectivity index (χ4n) is 5.55. The summed E-state index contributed by atoms with van der Waals surface area (Å²) >= 11 is 6.39. The molecular formula is C24H24ClN3O4. The van der Waals surface area contributed by atoms with Gasteiger partial charge in [-0.2, -0.15) is 0 Å². The smallest absolute Gasteiger partial charge is 0.338 e. The number of hydrogen-bond donors (Lipinski definition) is 2. The summed E-state index contributed by atoms with van der Waals surface area (Å²) in [6, 6.07) is 12.2. The van der Waals surface area contributed by atoms with Crippen LogP contribution in [0.4, 0.5) is 11.4 Å². The van der Waals surface area contributed by atoms with Crippen molar-refractivity contribution in [3.8, 4) is 0 Å². The zero-order valence-electron chi connectivity index (χ0n) is 17.7. The summed E-state index contributed by atoms with van der Waals surface area (Å²) in [5, 5.41) is 6.38. The Morgan fingerprint density at radius 2 is 2.03 bits per heavy atom. The quantitative estimate of drug-likeness (QED) is 0.688. The number of nitrogens with zero attached hydrogens (tertiary/aromatic N) is 1. The number of ether oxygens (including phenoxy) is 1. The fourth-order valence-corrected chi connectivity index (χ4v) is 5.77. The minimum absolute atomic E-state index is 0.174. The lowest BCUT2D eigenvalue weighted by atomic mass is 9.78. The number of para-hydroxylation sites is 1. The van der Waals surface area contributed by atoms with E-state index < -0.39 is 17.4 Å². The van der Waals surface area contributed by atoms with Gasteiger partial charge >= 0.3 is 5.97 Å². The van der Waals surface area contributed by atoms with Crippen LogP contribution in [0.1, 0.15) is 42.1 Å². The van der Waals surface area contributed by atoms with Crippen molar-refractivity contribution in [2.45, 2.75) is 37.8 Å². The summed E-state index contributed by atoms with van der Waals surface area (Å²) < 4.78 is 5.00. The van der Waals surface area contributed by atoms with Crippen molar-refractivity contribution in [1.82, 2.24) is 4.90 Å². The van der Waals surface area contributed by atoms with Crippen LogP contribution in [-0.2, 0) is 19.9 Å². The first-order valence-corrected chi connectivity index (χ1v) is 11.3. The highest BCUT2D eigenvalue weighted by Gasteiger charge is 2.65. The van der Waals surface area contributed by atoms with Gasteiger partial charge in [0.1, 0.15) is 5.54 Å². The Morgan fingerprint density at radius 1 is 1.25 bits per heavy atom. The average molecular weight is 454 g/mol. The minimum Gasteiger partial charge on any atom is -0.462 e. The second-order valence-corrected chi connectivity index (χ2v) is 8.85. The monoisotopic (exact) mass is 453 g/mol. The van der Waals surface area contributed by atoms with Gasteiger partial charge in [-0.05, 0) is 63.1 Å². The SMILES string of the molecule is CCOC(=O)c1ccc(NC(=O)[C@H]2C[C@@H]3CCCN3[C@]23C(=O)Nc2c(Cl)cccc23)cc1. The van der Waals surface area contributed by atoms with Gasteiger partial charge in [0.15, 0.2) is 0 Å². The lowest BCUT2D eigenvalue weighted by Crippen LogP contribution is -2.53. The molecule has 2 saturated heterocycles. The van der Waals surface area contributed by atoms with E-state index in [4.69, 9.17) is 16.3 Å². The molecule has 3 aliphatic heterocycles. The molecule has 5 rings (SSSR count). The first-order valence-electron chi connectivity index (χ1n) is 10.9. The molecule has 2 aromatic rings. The highest BCUT2D eigenvalue weighted by Crippen LogP contribution is 2.56. The summed E-state index contributed by atoms with van der Waals surface area (Å²) in [4.78, 5) is 41.1. The van der Waals surface area contributed by atoms with E-state index in [-0.39, 0.29) is 17.9 Å². The molecule has 3 atom stereocenters. The van der Waals surface area contributed by atoms with Gasteiger partial charge in [-0.15, -0.1) is 0 Å². The molecule has 0 radical (unpaired) electrons. The van der Waals surface area contributed by atoms with Gasteiger partial charge in [-0.25, -0.2) is 4.79 Å². The van der Waals surface area contributed by atoms with Crippen LogP contribution in [0.5, 0.6) is 0 Å². The lowest BCUT2D eigenvalue weighted by Gasteiger charge is -2.36. The number of carbonyl (C=O) groups excluding carboxylic acids is 3. The van der Waals surface area contributed by atoms with Crippen LogP contribution in [0.2, 0.25) is 5.02 Å². The number of rotatable bonds is 4. The molecule has 2 N–H and O–H groups in total. The van der Waals surface area contributed by atoms with Crippen molar-refractivity contribution in [2.75, 3.05) is 23.8 Å². The summed E-state index contributed by atoms with van der Waals surface area (Å²) in [5.41, 5.74) is 1.30. The number of amides is 2. The summed E-state index contributed by atoms with van der Waals surface area (Å²) in [6.45, 7) is 2.81. The maximum absolute atomic E-state index is 13.5. The van der Waals surface area contributed by atoms with E-state index in [2.05, 4.69) is 15.5 Å². The van der Waals surface area contributed by atoms with E-state index in [1.807, 2.05) is 12.1 Å². The predicted molar refractivity (Wildman–Crippen MR) is 121 cm³/mol. The lowest BCUT2D eigenvalue weighted by molar-refractivity contribution is -0.135.